The molecule has 0 spiro atoms. The highest BCUT2D eigenvalue weighted by molar-refractivity contribution is 7.91. The first-order chi connectivity index (χ1) is 15.3. The van der Waals surface area contributed by atoms with Crippen molar-refractivity contribution in [1.29, 1.82) is 0 Å². The number of aryl methyl sites for hydroxylation is 1. The fourth-order valence-corrected chi connectivity index (χ4v) is 8.16. The molecule has 0 atom stereocenters. The summed E-state index contributed by atoms with van der Waals surface area (Å²) in [5.41, 5.74) is 3.38. The summed E-state index contributed by atoms with van der Waals surface area (Å²) in [6, 6.07) is 0. The number of aromatic nitrogens is 2. The van der Waals surface area contributed by atoms with Gasteiger partial charge in [0.05, 0.1) is 18.9 Å². The lowest BCUT2D eigenvalue weighted by Crippen LogP contribution is -2.34. The number of nitrogens with zero attached hydrogens (tertiary/aromatic N) is 4. The Kier molecular flexibility index (Phi) is 7.04. The van der Waals surface area contributed by atoms with Gasteiger partial charge in [0.15, 0.2) is 0 Å². The molecule has 1 saturated heterocycles. The molecule has 0 bridgehead atoms. The van der Waals surface area contributed by atoms with Crippen LogP contribution in [0.4, 0.5) is 0 Å². The molecule has 2 aliphatic heterocycles. The first-order valence-corrected chi connectivity index (χ1v) is 13.5. The van der Waals surface area contributed by atoms with Crippen molar-refractivity contribution in [3.05, 3.63) is 33.5 Å². The number of sulfonamides is 1. The molecule has 32 heavy (non-hydrogen) atoms. The van der Waals surface area contributed by atoms with Gasteiger partial charge in [-0.25, -0.2) is 13.2 Å². The summed E-state index contributed by atoms with van der Waals surface area (Å²) < 4.78 is 35.9. The summed E-state index contributed by atoms with van der Waals surface area (Å²) in [6.07, 6.45) is 7.47. The van der Waals surface area contributed by atoms with E-state index in [9.17, 15) is 13.2 Å². The summed E-state index contributed by atoms with van der Waals surface area (Å²) in [6.45, 7) is 5.19. The molecule has 176 valence electrons. The van der Waals surface area contributed by atoms with Gasteiger partial charge in [0.1, 0.15) is 4.21 Å². The van der Waals surface area contributed by atoms with Crippen LogP contribution in [0.3, 0.4) is 0 Å². The van der Waals surface area contributed by atoms with Gasteiger partial charge in [-0.15, -0.1) is 11.3 Å². The maximum absolute atomic E-state index is 13.6. The second-order valence-electron chi connectivity index (χ2n) is 8.67. The van der Waals surface area contributed by atoms with E-state index in [4.69, 9.17) is 4.74 Å². The van der Waals surface area contributed by atoms with Gasteiger partial charge in [-0.05, 0) is 31.7 Å². The Hall–Kier alpha value is -1.75. The number of esters is 1. The fraction of sp³-hybridized carbons (Fsp3) is 0.636. The van der Waals surface area contributed by atoms with Gasteiger partial charge in [0.25, 0.3) is 10.0 Å². The van der Waals surface area contributed by atoms with E-state index in [2.05, 4.69) is 10.00 Å². The Bertz CT molecular complexity index is 1080. The zero-order valence-corrected chi connectivity index (χ0v) is 20.7. The smallest absolute Gasteiger partial charge is 0.340 e. The molecule has 0 N–H and O–H groups in total. The molecular weight excluding hydrogens is 448 g/mol. The number of thiophene rings is 1. The third kappa shape index (κ3) is 4.50. The molecule has 2 aromatic rings. The van der Waals surface area contributed by atoms with E-state index in [1.807, 2.05) is 24.9 Å². The molecule has 2 aromatic heterocycles. The summed E-state index contributed by atoms with van der Waals surface area (Å²) >= 11 is 1.25. The van der Waals surface area contributed by atoms with E-state index >= 15 is 0 Å². The summed E-state index contributed by atoms with van der Waals surface area (Å²) in [5.74, 6) is -0.551. The van der Waals surface area contributed by atoms with E-state index in [1.54, 1.807) is 4.31 Å². The Balaban J connectivity index is 1.65. The summed E-state index contributed by atoms with van der Waals surface area (Å²) in [5, 5.41) is 4.32. The molecular formula is C22H32N4O4S2. The Morgan fingerprint density at radius 3 is 2.47 bits per heavy atom. The van der Waals surface area contributed by atoms with Gasteiger partial charge < -0.3 is 4.74 Å². The molecule has 4 heterocycles. The van der Waals surface area contributed by atoms with Crippen LogP contribution in [0.1, 0.15) is 64.2 Å². The molecule has 2 aliphatic rings. The zero-order chi connectivity index (χ0) is 22.9. The molecule has 0 aliphatic carbocycles. The quantitative estimate of drug-likeness (QED) is 0.612. The van der Waals surface area contributed by atoms with Crippen LogP contribution in [0.15, 0.2) is 10.4 Å². The number of rotatable bonds is 5. The highest BCUT2D eigenvalue weighted by Gasteiger charge is 2.37. The number of fused-ring (bicyclic) bond motifs is 1. The van der Waals surface area contributed by atoms with E-state index in [0.29, 0.717) is 26.1 Å². The molecule has 0 amide bonds. The maximum Gasteiger partial charge on any atom is 0.340 e. The van der Waals surface area contributed by atoms with E-state index < -0.39 is 16.0 Å². The maximum atomic E-state index is 13.6. The van der Waals surface area contributed by atoms with Crippen molar-refractivity contribution in [3.63, 3.8) is 0 Å². The first-order valence-electron chi connectivity index (χ1n) is 11.3. The normalized spacial score (nSPS) is 18.7. The zero-order valence-electron chi connectivity index (χ0n) is 19.1. The molecule has 0 aromatic carbocycles. The predicted molar refractivity (Wildman–Crippen MR) is 123 cm³/mol. The minimum atomic E-state index is -3.74. The third-order valence-corrected chi connectivity index (χ3v) is 10.2. The summed E-state index contributed by atoms with van der Waals surface area (Å²) in [4.78, 5) is 16.0. The van der Waals surface area contributed by atoms with Crippen molar-refractivity contribution < 1.29 is 17.9 Å². The van der Waals surface area contributed by atoms with E-state index in [1.165, 1.54) is 18.4 Å². The van der Waals surface area contributed by atoms with Crippen molar-refractivity contribution in [2.75, 3.05) is 26.7 Å². The average Bonchev–Trinajstić information content (AvgIpc) is 3.28. The Labute approximate surface area is 194 Å². The topological polar surface area (TPSA) is 84.7 Å². The number of hydrogen-bond acceptors (Lipinski definition) is 7. The number of ether oxygens (including phenoxy) is 1. The van der Waals surface area contributed by atoms with Gasteiger partial charge in [-0.2, -0.15) is 9.40 Å². The molecule has 0 unspecified atom stereocenters. The molecule has 10 heteroatoms. The van der Waals surface area contributed by atoms with Gasteiger partial charge in [-0.3, -0.25) is 9.58 Å². The number of carbonyl (C=O) groups excluding carboxylic acids is 1. The van der Waals surface area contributed by atoms with E-state index in [-0.39, 0.29) is 9.77 Å². The van der Waals surface area contributed by atoms with E-state index in [0.717, 1.165) is 66.9 Å². The largest absolute Gasteiger partial charge is 0.465 e. The van der Waals surface area contributed by atoms with Crippen molar-refractivity contribution in [1.82, 2.24) is 19.0 Å². The van der Waals surface area contributed by atoms with Crippen molar-refractivity contribution in [2.24, 2.45) is 7.05 Å². The molecule has 4 rings (SSSR count). The lowest BCUT2D eigenvalue weighted by atomic mass is 10.0. The number of hydrogen-bond donors (Lipinski definition) is 0. The lowest BCUT2D eigenvalue weighted by molar-refractivity contribution is 0.0595. The Morgan fingerprint density at radius 2 is 1.84 bits per heavy atom. The van der Waals surface area contributed by atoms with Gasteiger partial charge in [-0.1, -0.05) is 19.3 Å². The van der Waals surface area contributed by atoms with Crippen LogP contribution in [0.2, 0.25) is 0 Å². The third-order valence-electron chi connectivity index (χ3n) is 6.61. The first kappa shape index (κ1) is 23.4. The van der Waals surface area contributed by atoms with Gasteiger partial charge in [0, 0.05) is 55.9 Å². The molecule has 8 nitrogen and oxygen atoms in total. The molecule has 1 fully saturated rings. The number of methoxy groups -OCH3 is 1. The van der Waals surface area contributed by atoms with Crippen LogP contribution in [0, 0.1) is 6.92 Å². The van der Waals surface area contributed by atoms with Crippen molar-refractivity contribution in [2.45, 2.75) is 62.7 Å². The molecule has 0 saturated carbocycles. The lowest BCUT2D eigenvalue weighted by Gasteiger charge is -2.26. The second kappa shape index (κ2) is 9.62. The minimum Gasteiger partial charge on any atom is -0.465 e. The number of carbonyl (C=O) groups is 1. The van der Waals surface area contributed by atoms with Gasteiger partial charge in [0.2, 0.25) is 0 Å². The monoisotopic (exact) mass is 480 g/mol. The standard InChI is InChI=1S/C22H32N4O4S2/c1-16-17(13-23-24(16)2)14-25-12-9-18-19(15-25)31-22(20(18)21(27)30-3)32(28,29)26-10-7-5-4-6-8-11-26/h13H,4-12,14-15H2,1-3H3. The average molecular weight is 481 g/mol. The Morgan fingerprint density at radius 1 is 1.16 bits per heavy atom. The van der Waals surface area contributed by atoms with Crippen LogP contribution in [0.5, 0.6) is 0 Å². The van der Waals surface area contributed by atoms with Crippen LogP contribution in [-0.4, -0.2) is 60.1 Å². The van der Waals surface area contributed by atoms with Crippen LogP contribution in [-0.2, 0) is 41.3 Å². The van der Waals surface area contributed by atoms with Crippen LogP contribution >= 0.6 is 11.3 Å². The van der Waals surface area contributed by atoms with Crippen LogP contribution in [0.25, 0.3) is 0 Å². The van der Waals surface area contributed by atoms with Crippen LogP contribution < -0.4 is 0 Å². The minimum absolute atomic E-state index is 0.161. The van der Waals surface area contributed by atoms with Crippen molar-refractivity contribution >= 4 is 27.3 Å². The highest BCUT2D eigenvalue weighted by atomic mass is 32.2. The fourth-order valence-electron chi connectivity index (χ4n) is 4.57. The SMILES string of the molecule is COC(=O)c1c(S(=O)(=O)N2CCCCCCC2)sc2c1CCN(Cc1cnn(C)c1C)C2. The van der Waals surface area contributed by atoms with Gasteiger partial charge >= 0.3 is 5.97 Å². The van der Waals surface area contributed by atoms with Crippen molar-refractivity contribution in [3.8, 4) is 0 Å². The highest BCUT2D eigenvalue weighted by Crippen LogP contribution is 2.38. The molecule has 0 radical (unpaired) electrons. The summed E-state index contributed by atoms with van der Waals surface area (Å²) in [7, 11) is -0.496. The second-order valence-corrected chi connectivity index (χ2v) is 11.9. The predicted octanol–water partition coefficient (Wildman–Crippen LogP) is 3.09.